The molecule has 3 rings (SSSR count). The zero-order valence-electron chi connectivity index (χ0n) is 10.5. The number of piperidine rings is 1. The third kappa shape index (κ3) is 2.06. The van der Waals surface area contributed by atoms with Gasteiger partial charge in [-0.25, -0.2) is 4.98 Å². The van der Waals surface area contributed by atoms with E-state index in [1.807, 2.05) is 19.1 Å². The summed E-state index contributed by atoms with van der Waals surface area (Å²) in [5, 5.41) is 6.28. The molecule has 1 saturated carbocycles. The van der Waals surface area contributed by atoms with Crippen molar-refractivity contribution in [3.63, 3.8) is 0 Å². The second kappa shape index (κ2) is 4.03. The summed E-state index contributed by atoms with van der Waals surface area (Å²) in [6, 6.07) is 4.27. The predicted molar refractivity (Wildman–Crippen MR) is 73.4 cm³/mol. The van der Waals surface area contributed by atoms with E-state index >= 15 is 0 Å². The fourth-order valence-corrected chi connectivity index (χ4v) is 2.97. The smallest absolute Gasteiger partial charge is 0.242 e. The zero-order chi connectivity index (χ0) is 12.9. The molecule has 2 N–H and O–H groups in total. The third-order valence-electron chi connectivity index (χ3n) is 4.05. The van der Waals surface area contributed by atoms with Gasteiger partial charge in [0, 0.05) is 6.04 Å². The second-order valence-electron chi connectivity index (χ2n) is 5.62. The van der Waals surface area contributed by atoms with Crippen LogP contribution in [0, 0.1) is 12.3 Å². The number of hydrogen-bond donors (Lipinski definition) is 2. The van der Waals surface area contributed by atoms with Crippen LogP contribution in [0.2, 0.25) is 0 Å². The molecule has 1 aliphatic heterocycles. The Morgan fingerprint density at radius 1 is 1.56 bits per heavy atom. The Balaban J connectivity index is 1.69. The minimum absolute atomic E-state index is 0.0251. The van der Waals surface area contributed by atoms with Gasteiger partial charge in [-0.3, -0.25) is 4.79 Å². The first-order valence-electron chi connectivity index (χ1n) is 6.18. The zero-order valence-corrected chi connectivity index (χ0v) is 12.0. The molecule has 2 fully saturated rings. The number of anilines is 1. The van der Waals surface area contributed by atoms with Gasteiger partial charge in [-0.2, -0.15) is 0 Å². The molecule has 0 aromatic carbocycles. The number of aryl methyl sites for hydroxylation is 1. The number of aromatic nitrogens is 1. The van der Waals surface area contributed by atoms with Crippen LogP contribution in [0.15, 0.2) is 16.7 Å². The summed E-state index contributed by atoms with van der Waals surface area (Å²) in [6.07, 6.45) is 2.13. The lowest BCUT2D eigenvalue weighted by atomic mass is 10.0. The Bertz CT molecular complexity index is 519. The highest BCUT2D eigenvalue weighted by molar-refractivity contribution is 9.10. The number of pyridine rings is 1. The number of fused-ring (bicyclic) bond motifs is 1. The summed E-state index contributed by atoms with van der Waals surface area (Å²) >= 11 is 3.32. The monoisotopic (exact) mass is 309 g/mol. The molecule has 4 nitrogen and oxygen atoms in total. The van der Waals surface area contributed by atoms with E-state index in [0.717, 1.165) is 16.6 Å². The van der Waals surface area contributed by atoms with Crippen molar-refractivity contribution >= 4 is 27.7 Å². The van der Waals surface area contributed by atoms with Crippen LogP contribution >= 0.6 is 15.9 Å². The van der Waals surface area contributed by atoms with E-state index < -0.39 is 0 Å². The summed E-state index contributed by atoms with van der Waals surface area (Å²) < 4.78 is 0.734. The first-order chi connectivity index (χ1) is 8.48. The Kier molecular flexibility index (Phi) is 2.71. The third-order valence-corrected chi connectivity index (χ3v) is 4.49. The first kappa shape index (κ1) is 12.1. The molecule has 0 spiro atoms. The molecule has 18 heavy (non-hydrogen) atoms. The highest BCUT2D eigenvalue weighted by Gasteiger charge is 2.58. The van der Waals surface area contributed by atoms with Gasteiger partial charge in [0.05, 0.1) is 6.04 Å². The number of rotatable bonds is 2. The summed E-state index contributed by atoms with van der Waals surface area (Å²) in [5.41, 5.74) is 1.32. The van der Waals surface area contributed by atoms with Crippen LogP contribution in [-0.4, -0.2) is 23.0 Å². The fourth-order valence-electron chi connectivity index (χ4n) is 2.66. The van der Waals surface area contributed by atoms with Crippen LogP contribution in [0.4, 0.5) is 5.82 Å². The van der Waals surface area contributed by atoms with Crippen LogP contribution in [0.5, 0.6) is 0 Å². The molecule has 1 aliphatic carbocycles. The normalized spacial score (nSPS) is 33.1. The molecule has 2 heterocycles. The van der Waals surface area contributed by atoms with E-state index in [0.29, 0.717) is 17.3 Å². The van der Waals surface area contributed by atoms with Crippen molar-refractivity contribution in [2.75, 3.05) is 5.32 Å². The van der Waals surface area contributed by atoms with Gasteiger partial charge in [-0.1, -0.05) is 13.0 Å². The second-order valence-corrected chi connectivity index (χ2v) is 6.44. The minimum Gasteiger partial charge on any atom is -0.309 e. The van der Waals surface area contributed by atoms with Crippen molar-refractivity contribution in [3.05, 3.63) is 22.3 Å². The molecule has 1 aromatic heterocycles. The van der Waals surface area contributed by atoms with Crippen molar-refractivity contribution in [2.45, 2.75) is 38.8 Å². The number of nitrogens with zero attached hydrogens (tertiary/aromatic N) is 1. The van der Waals surface area contributed by atoms with E-state index in [9.17, 15) is 4.79 Å². The number of amides is 1. The van der Waals surface area contributed by atoms with Crippen LogP contribution in [-0.2, 0) is 4.79 Å². The molecule has 0 radical (unpaired) electrons. The Morgan fingerprint density at radius 3 is 3.00 bits per heavy atom. The van der Waals surface area contributed by atoms with Gasteiger partial charge < -0.3 is 10.6 Å². The summed E-state index contributed by atoms with van der Waals surface area (Å²) in [6.45, 7) is 4.18. The number of carbonyl (C=O) groups excluding carboxylic acids is 1. The van der Waals surface area contributed by atoms with E-state index in [1.54, 1.807) is 0 Å². The van der Waals surface area contributed by atoms with Crippen molar-refractivity contribution in [1.82, 2.24) is 10.3 Å². The van der Waals surface area contributed by atoms with Crippen LogP contribution < -0.4 is 10.6 Å². The number of halogens is 1. The Morgan fingerprint density at radius 2 is 2.33 bits per heavy atom. The number of hydrogen-bond acceptors (Lipinski definition) is 3. The molecule has 1 amide bonds. The predicted octanol–water partition coefficient (Wildman–Crippen LogP) is 2.23. The molecule has 96 valence electrons. The maximum atomic E-state index is 12.2. The maximum Gasteiger partial charge on any atom is 0.242 e. The van der Waals surface area contributed by atoms with Crippen LogP contribution in [0.3, 0.4) is 0 Å². The molecule has 0 bridgehead atoms. The molecule has 2 aliphatic rings. The molecule has 5 heteroatoms. The van der Waals surface area contributed by atoms with Gasteiger partial charge in [0.1, 0.15) is 10.4 Å². The highest BCUT2D eigenvalue weighted by Crippen LogP contribution is 2.53. The molecular weight excluding hydrogens is 294 g/mol. The van der Waals surface area contributed by atoms with Gasteiger partial charge in [-0.05, 0) is 52.7 Å². The summed E-state index contributed by atoms with van der Waals surface area (Å²) in [5.74, 6) is 0.666. The fraction of sp³-hybridized carbons (Fsp3) is 0.538. The largest absolute Gasteiger partial charge is 0.309 e. The first-order valence-corrected chi connectivity index (χ1v) is 6.97. The quantitative estimate of drug-likeness (QED) is 0.824. The molecule has 0 unspecified atom stereocenters. The SMILES string of the molecule is Cc1ccc(Br)nc1NC(=O)[C@@H]1C[C@@]2(C)C[C@H]2N1. The van der Waals surface area contributed by atoms with Crippen LogP contribution in [0.1, 0.15) is 25.3 Å². The minimum atomic E-state index is -0.0751. The van der Waals surface area contributed by atoms with Crippen molar-refractivity contribution in [2.24, 2.45) is 5.41 Å². The van der Waals surface area contributed by atoms with Gasteiger partial charge >= 0.3 is 0 Å². The van der Waals surface area contributed by atoms with Gasteiger partial charge in [-0.15, -0.1) is 0 Å². The van der Waals surface area contributed by atoms with Crippen molar-refractivity contribution < 1.29 is 4.79 Å². The summed E-state index contributed by atoms with van der Waals surface area (Å²) in [4.78, 5) is 16.4. The Labute approximate surface area is 115 Å². The molecule has 1 saturated heterocycles. The average Bonchev–Trinajstić information content (AvgIpc) is 2.82. The van der Waals surface area contributed by atoms with Gasteiger partial charge in [0.2, 0.25) is 5.91 Å². The van der Waals surface area contributed by atoms with E-state index in [-0.39, 0.29) is 11.9 Å². The highest BCUT2D eigenvalue weighted by atomic mass is 79.9. The maximum absolute atomic E-state index is 12.2. The van der Waals surface area contributed by atoms with Crippen LogP contribution in [0.25, 0.3) is 0 Å². The number of carbonyl (C=O) groups is 1. The van der Waals surface area contributed by atoms with Gasteiger partial charge in [0.25, 0.3) is 0 Å². The standard InChI is InChI=1S/C13H16BrN3O/c1-7-3-4-10(14)16-11(7)17-12(18)8-5-13(2)6-9(13)15-8/h3-4,8-9,15H,5-6H2,1-2H3,(H,16,17,18)/t8-,9+,13-/m0/s1. The van der Waals surface area contributed by atoms with E-state index in [4.69, 9.17) is 0 Å². The number of nitrogens with one attached hydrogen (secondary N) is 2. The molecular formula is C13H16BrN3O. The van der Waals surface area contributed by atoms with Crippen molar-refractivity contribution in [3.8, 4) is 0 Å². The molecule has 1 aromatic rings. The lowest BCUT2D eigenvalue weighted by Gasteiger charge is -2.15. The van der Waals surface area contributed by atoms with E-state index in [1.165, 1.54) is 6.42 Å². The van der Waals surface area contributed by atoms with Gasteiger partial charge in [0.15, 0.2) is 0 Å². The lowest BCUT2D eigenvalue weighted by molar-refractivity contribution is -0.118. The topological polar surface area (TPSA) is 54.0 Å². The molecule has 3 atom stereocenters. The lowest BCUT2D eigenvalue weighted by Crippen LogP contribution is -2.38. The summed E-state index contributed by atoms with van der Waals surface area (Å²) in [7, 11) is 0. The van der Waals surface area contributed by atoms with E-state index in [2.05, 4.69) is 38.5 Å². The Hall–Kier alpha value is -0.940. The average molecular weight is 310 g/mol. The van der Waals surface area contributed by atoms with Crippen molar-refractivity contribution in [1.29, 1.82) is 0 Å².